The average Bonchev–Trinajstić information content (AvgIpc) is 3.76. The highest BCUT2D eigenvalue weighted by Crippen LogP contribution is 2.53. The molecule has 0 aliphatic carbocycles. The number of rotatable bonds is 8. The molecule has 13 heteroatoms. The van der Waals surface area contributed by atoms with Crippen LogP contribution in [0.2, 0.25) is 0 Å². The summed E-state index contributed by atoms with van der Waals surface area (Å²) in [5, 5.41) is 29.1. The largest absolute Gasteiger partial charge is 0.506 e. The van der Waals surface area contributed by atoms with Crippen LogP contribution in [0.15, 0.2) is 87.2 Å². The zero-order chi connectivity index (χ0) is 26.5. The number of aromatic hydroxyl groups is 1. The highest BCUT2D eigenvalue weighted by molar-refractivity contribution is 5.64. The Hall–Kier alpha value is -4.16. The predicted molar refractivity (Wildman–Crippen MR) is 121 cm³/mol. The molecule has 0 unspecified atom stereocenters. The van der Waals surface area contributed by atoms with Gasteiger partial charge < -0.3 is 15.7 Å². The fourth-order valence-electron chi connectivity index (χ4n) is 3.78. The molecule has 0 amide bonds. The Morgan fingerprint density at radius 1 is 0.622 bits per heavy atom. The Kier molecular flexibility index (Phi) is 5.61. The number of benzene rings is 3. The summed E-state index contributed by atoms with van der Waals surface area (Å²) in [6.07, 6.45) is -9.18. The fourth-order valence-corrected chi connectivity index (χ4v) is 3.78. The Bertz CT molecular complexity index is 1350. The summed E-state index contributed by atoms with van der Waals surface area (Å²) in [6, 6.07) is 16.2. The van der Waals surface area contributed by atoms with Crippen molar-refractivity contribution >= 4 is 11.4 Å². The maximum Gasteiger partial charge on any atom is 0.442 e. The van der Waals surface area contributed by atoms with Crippen LogP contribution >= 0.6 is 0 Å². The van der Waals surface area contributed by atoms with Crippen LogP contribution < -0.4 is 10.6 Å². The Balaban J connectivity index is 1.19. The van der Waals surface area contributed by atoms with Gasteiger partial charge in [0.15, 0.2) is 0 Å². The van der Waals surface area contributed by atoms with E-state index < -0.39 is 23.7 Å². The lowest BCUT2D eigenvalue weighted by Crippen LogP contribution is -2.30. The second-order valence-electron chi connectivity index (χ2n) is 8.57. The maximum atomic E-state index is 13.1. The molecule has 3 N–H and O–H groups in total. The Morgan fingerprint density at radius 3 is 1.46 bits per heavy atom. The minimum Gasteiger partial charge on any atom is -0.506 e. The van der Waals surface area contributed by atoms with Crippen molar-refractivity contribution in [1.29, 1.82) is 0 Å². The molecular formula is C24H18F6N6O. The first-order valence-corrected chi connectivity index (χ1v) is 10.9. The number of nitrogens with zero attached hydrogens (tertiary/aromatic N) is 4. The molecule has 3 aromatic carbocycles. The fraction of sp³-hybridized carbons (Fsp3) is 0.250. The molecule has 3 aromatic rings. The Labute approximate surface area is 206 Å². The molecular weight excluding hydrogens is 502 g/mol. The first-order chi connectivity index (χ1) is 17.4. The van der Waals surface area contributed by atoms with Gasteiger partial charge in [-0.1, -0.05) is 48.5 Å². The number of anilines is 2. The summed E-state index contributed by atoms with van der Waals surface area (Å²) >= 11 is 0. The zero-order valence-corrected chi connectivity index (χ0v) is 18.8. The van der Waals surface area contributed by atoms with Crippen molar-refractivity contribution < 1.29 is 31.4 Å². The van der Waals surface area contributed by atoms with Gasteiger partial charge in [0.05, 0.1) is 5.69 Å². The van der Waals surface area contributed by atoms with Crippen LogP contribution in [-0.2, 0) is 24.4 Å². The highest BCUT2D eigenvalue weighted by Gasteiger charge is 2.65. The summed E-state index contributed by atoms with van der Waals surface area (Å²) in [4.78, 5) is 0. The van der Waals surface area contributed by atoms with Crippen LogP contribution in [0.25, 0.3) is 0 Å². The first-order valence-electron chi connectivity index (χ1n) is 10.9. The number of hydrogen-bond donors (Lipinski definition) is 3. The number of phenols is 1. The van der Waals surface area contributed by atoms with E-state index in [9.17, 15) is 31.4 Å². The van der Waals surface area contributed by atoms with Gasteiger partial charge in [0.2, 0.25) is 0 Å². The van der Waals surface area contributed by atoms with Crippen LogP contribution in [0.1, 0.15) is 22.3 Å². The smallest absolute Gasteiger partial charge is 0.442 e. The number of halogens is 6. The molecule has 0 atom stereocenters. The van der Waals surface area contributed by atoms with Crippen LogP contribution in [0, 0.1) is 0 Å². The zero-order valence-electron chi connectivity index (χ0n) is 18.8. The Morgan fingerprint density at radius 2 is 1.05 bits per heavy atom. The molecule has 0 radical (unpaired) electrons. The molecule has 5 rings (SSSR count). The van der Waals surface area contributed by atoms with E-state index >= 15 is 0 Å². The van der Waals surface area contributed by atoms with E-state index in [2.05, 4.69) is 31.1 Å². The number of nitrogens with one attached hydrogen (secondary N) is 2. The van der Waals surface area contributed by atoms with E-state index in [4.69, 9.17) is 0 Å². The minimum atomic E-state index is -4.60. The monoisotopic (exact) mass is 520 g/mol. The van der Waals surface area contributed by atoms with Gasteiger partial charge in [0.1, 0.15) is 5.75 Å². The van der Waals surface area contributed by atoms with E-state index in [1.165, 1.54) is 42.5 Å². The van der Waals surface area contributed by atoms with Crippen LogP contribution in [0.3, 0.4) is 0 Å². The lowest BCUT2D eigenvalue weighted by atomic mass is 10.0. The molecule has 0 saturated carbocycles. The first kappa shape index (κ1) is 24.5. The molecule has 0 aromatic heterocycles. The van der Waals surface area contributed by atoms with Gasteiger partial charge in [0, 0.05) is 29.9 Å². The molecule has 0 saturated heterocycles. The molecule has 7 nitrogen and oxygen atoms in total. The molecule has 2 aliphatic heterocycles. The topological polar surface area (TPSA) is 93.7 Å². The highest BCUT2D eigenvalue weighted by atomic mass is 19.4. The minimum absolute atomic E-state index is 0.0347. The summed E-state index contributed by atoms with van der Waals surface area (Å²) in [6.45, 7) is 0.527. The van der Waals surface area contributed by atoms with Crippen molar-refractivity contribution in [2.24, 2.45) is 20.5 Å². The molecule has 0 fully saturated rings. The van der Waals surface area contributed by atoms with Crippen molar-refractivity contribution in [3.05, 3.63) is 89.0 Å². The standard InChI is InChI=1S/C24H18F6N6O/c25-23(26,27)21(33-34-21)16-5-1-14(2-6-16)12-31-18-9-10-20(37)19(11-18)32-13-15-3-7-17(8-4-15)22(35-36-22)24(28,29)30/h1-11,31-32,37H,12-13H2. The second-order valence-corrected chi connectivity index (χ2v) is 8.57. The molecule has 37 heavy (non-hydrogen) atoms. The average molecular weight is 520 g/mol. The lowest BCUT2D eigenvalue weighted by Gasteiger charge is -2.16. The molecule has 2 heterocycles. The third-order valence-electron chi connectivity index (χ3n) is 6.08. The van der Waals surface area contributed by atoms with E-state index in [1.807, 2.05) is 0 Å². The predicted octanol–water partition coefficient (Wildman–Crippen LogP) is 6.98. The summed E-state index contributed by atoms with van der Waals surface area (Å²) in [5.41, 5.74) is -2.66. The summed E-state index contributed by atoms with van der Waals surface area (Å²) in [7, 11) is 0. The SMILES string of the molecule is Oc1ccc(NCc2ccc(C3(C(F)(F)F)N=N3)cc2)cc1NCc1ccc(C2(C(F)(F)F)N=N2)cc1. The van der Waals surface area contributed by atoms with E-state index in [1.54, 1.807) is 24.3 Å². The summed E-state index contributed by atoms with van der Waals surface area (Å²) in [5.74, 6) is -0.0347. The number of hydrogen-bond acceptors (Lipinski definition) is 7. The van der Waals surface area contributed by atoms with Crippen molar-refractivity contribution in [2.75, 3.05) is 10.6 Å². The molecule has 0 spiro atoms. The van der Waals surface area contributed by atoms with Crippen molar-refractivity contribution in [1.82, 2.24) is 0 Å². The number of alkyl halides is 6. The van der Waals surface area contributed by atoms with Gasteiger partial charge in [-0.25, -0.2) is 0 Å². The molecule has 2 aliphatic rings. The van der Waals surface area contributed by atoms with Crippen LogP contribution in [0.5, 0.6) is 5.75 Å². The van der Waals surface area contributed by atoms with Gasteiger partial charge in [-0.2, -0.15) is 26.3 Å². The summed E-state index contributed by atoms with van der Waals surface area (Å²) < 4.78 is 78.8. The van der Waals surface area contributed by atoms with E-state index in [-0.39, 0.29) is 23.4 Å². The van der Waals surface area contributed by atoms with E-state index in [0.29, 0.717) is 23.5 Å². The molecule has 192 valence electrons. The van der Waals surface area contributed by atoms with Crippen molar-refractivity contribution in [3.63, 3.8) is 0 Å². The third-order valence-corrected chi connectivity index (χ3v) is 6.08. The van der Waals surface area contributed by atoms with Crippen LogP contribution in [-0.4, -0.2) is 17.5 Å². The lowest BCUT2D eigenvalue weighted by molar-refractivity contribution is -0.166. The maximum absolute atomic E-state index is 13.1. The van der Waals surface area contributed by atoms with Gasteiger partial charge >= 0.3 is 23.7 Å². The van der Waals surface area contributed by atoms with Crippen molar-refractivity contribution in [3.8, 4) is 5.75 Å². The number of phenolic OH excluding ortho intramolecular Hbond substituents is 1. The quantitative estimate of drug-likeness (QED) is 0.170. The van der Waals surface area contributed by atoms with Gasteiger partial charge in [-0.05, 0) is 29.3 Å². The van der Waals surface area contributed by atoms with Crippen LogP contribution in [0.4, 0.5) is 37.7 Å². The third kappa shape index (κ3) is 4.56. The van der Waals surface area contributed by atoms with Gasteiger partial charge in [-0.3, -0.25) is 0 Å². The second kappa shape index (κ2) is 8.46. The van der Waals surface area contributed by atoms with E-state index in [0.717, 1.165) is 5.56 Å². The normalized spacial score (nSPS) is 16.9. The van der Waals surface area contributed by atoms with Gasteiger partial charge in [0.25, 0.3) is 0 Å². The molecule has 0 bridgehead atoms. The van der Waals surface area contributed by atoms with Gasteiger partial charge in [-0.15, -0.1) is 20.5 Å². The van der Waals surface area contributed by atoms with Crippen molar-refractivity contribution in [2.45, 2.75) is 36.8 Å².